The van der Waals surface area contributed by atoms with Crippen LogP contribution in [0.25, 0.3) is 0 Å². The Labute approximate surface area is 92.9 Å². The molecular weight excluding hydrogens is 211 g/mol. The Morgan fingerprint density at radius 1 is 1.50 bits per heavy atom. The molecule has 0 heterocycles. The molecule has 0 spiro atoms. The Balaban J connectivity index is 2.03. The van der Waals surface area contributed by atoms with E-state index in [2.05, 4.69) is 0 Å². The Morgan fingerprint density at radius 3 is 2.88 bits per heavy atom. The van der Waals surface area contributed by atoms with E-state index in [4.69, 9.17) is 9.84 Å². The van der Waals surface area contributed by atoms with Crippen molar-refractivity contribution in [2.24, 2.45) is 5.92 Å². The highest BCUT2D eigenvalue weighted by Crippen LogP contribution is 2.32. The third-order valence-electron chi connectivity index (χ3n) is 2.65. The molecule has 1 aromatic rings. The fourth-order valence-electron chi connectivity index (χ4n) is 1.53. The molecule has 0 aliphatic heterocycles. The van der Waals surface area contributed by atoms with Gasteiger partial charge in [-0.15, -0.1) is 0 Å². The van der Waals surface area contributed by atoms with E-state index in [0.29, 0.717) is 12.5 Å². The van der Waals surface area contributed by atoms with Crippen LogP contribution in [0.1, 0.15) is 29.6 Å². The molecule has 1 fully saturated rings. The fourth-order valence-corrected chi connectivity index (χ4v) is 1.53. The van der Waals surface area contributed by atoms with Gasteiger partial charge in [0.05, 0.1) is 6.61 Å². The molecule has 0 saturated heterocycles. The predicted octanol–water partition coefficient (Wildman–Crippen LogP) is 2.70. The quantitative estimate of drug-likeness (QED) is 0.836. The average molecular weight is 224 g/mol. The van der Waals surface area contributed by atoms with Crippen molar-refractivity contribution in [3.63, 3.8) is 0 Å². The van der Waals surface area contributed by atoms with Gasteiger partial charge in [0, 0.05) is 6.07 Å². The molecule has 1 aromatic carbocycles. The van der Waals surface area contributed by atoms with Crippen LogP contribution in [-0.4, -0.2) is 17.7 Å². The molecule has 86 valence electrons. The number of carbonyl (C=O) groups is 1. The van der Waals surface area contributed by atoms with E-state index in [1.807, 2.05) is 0 Å². The van der Waals surface area contributed by atoms with Crippen LogP contribution in [0.3, 0.4) is 0 Å². The van der Waals surface area contributed by atoms with E-state index < -0.39 is 11.8 Å². The van der Waals surface area contributed by atoms with E-state index in [1.54, 1.807) is 0 Å². The molecule has 0 aromatic heterocycles. The number of hydrogen-bond donors (Lipinski definition) is 1. The minimum Gasteiger partial charge on any atom is -0.493 e. The summed E-state index contributed by atoms with van der Waals surface area (Å²) in [5.74, 6) is -0.747. The van der Waals surface area contributed by atoms with Crippen molar-refractivity contribution >= 4 is 5.97 Å². The molecule has 1 N–H and O–H groups in total. The van der Waals surface area contributed by atoms with Crippen molar-refractivity contribution in [1.29, 1.82) is 0 Å². The third kappa shape index (κ3) is 2.72. The van der Waals surface area contributed by atoms with Crippen molar-refractivity contribution in [3.05, 3.63) is 29.6 Å². The zero-order valence-electron chi connectivity index (χ0n) is 8.78. The minimum absolute atomic E-state index is 0.0113. The molecule has 4 heteroatoms. The fraction of sp³-hybridized carbons (Fsp3) is 0.417. The predicted molar refractivity (Wildman–Crippen MR) is 56.2 cm³/mol. The first-order valence-corrected chi connectivity index (χ1v) is 5.32. The molecule has 3 nitrogen and oxygen atoms in total. The van der Waals surface area contributed by atoms with E-state index in [-0.39, 0.29) is 11.3 Å². The summed E-state index contributed by atoms with van der Waals surface area (Å²) in [7, 11) is 0. The molecule has 2 rings (SSSR count). The van der Waals surface area contributed by atoms with Crippen LogP contribution in [0.2, 0.25) is 0 Å². The molecule has 0 radical (unpaired) electrons. The monoisotopic (exact) mass is 224 g/mol. The summed E-state index contributed by atoms with van der Waals surface area (Å²) >= 11 is 0. The van der Waals surface area contributed by atoms with Gasteiger partial charge >= 0.3 is 5.97 Å². The van der Waals surface area contributed by atoms with Gasteiger partial charge in [-0.1, -0.05) is 12.8 Å². The smallest absolute Gasteiger partial charge is 0.339 e. The van der Waals surface area contributed by atoms with Crippen molar-refractivity contribution in [2.45, 2.75) is 19.3 Å². The zero-order valence-corrected chi connectivity index (χ0v) is 8.78. The highest BCUT2D eigenvalue weighted by Gasteiger charge is 2.21. The van der Waals surface area contributed by atoms with Crippen LogP contribution in [0, 0.1) is 11.7 Å². The number of rotatable bonds is 5. The molecule has 16 heavy (non-hydrogen) atoms. The maximum Gasteiger partial charge on any atom is 0.339 e. The summed E-state index contributed by atoms with van der Waals surface area (Å²) in [5, 5.41) is 8.87. The number of aromatic carboxylic acids is 1. The van der Waals surface area contributed by atoms with Crippen molar-refractivity contribution in [2.75, 3.05) is 6.61 Å². The Kier molecular flexibility index (Phi) is 3.08. The number of ether oxygens (including phenoxy) is 1. The second-order valence-electron chi connectivity index (χ2n) is 4.03. The first kappa shape index (κ1) is 10.9. The van der Waals surface area contributed by atoms with Gasteiger partial charge in [-0.25, -0.2) is 9.18 Å². The number of halogens is 1. The zero-order chi connectivity index (χ0) is 11.5. The number of benzene rings is 1. The van der Waals surface area contributed by atoms with Gasteiger partial charge in [0.25, 0.3) is 0 Å². The molecule has 1 aliphatic rings. The van der Waals surface area contributed by atoms with Crippen LogP contribution in [0.15, 0.2) is 18.2 Å². The molecule has 1 saturated carbocycles. The lowest BCUT2D eigenvalue weighted by Crippen LogP contribution is -2.05. The van der Waals surface area contributed by atoms with E-state index in [9.17, 15) is 9.18 Å². The van der Waals surface area contributed by atoms with Crippen LogP contribution >= 0.6 is 0 Å². The highest BCUT2D eigenvalue weighted by molar-refractivity contribution is 5.90. The minimum atomic E-state index is -1.10. The lowest BCUT2D eigenvalue weighted by atomic mass is 10.2. The average Bonchev–Trinajstić information content (AvgIpc) is 3.01. The van der Waals surface area contributed by atoms with Crippen LogP contribution < -0.4 is 4.74 Å². The number of carboxylic acid groups (broad SMARTS) is 1. The van der Waals surface area contributed by atoms with Gasteiger partial charge < -0.3 is 9.84 Å². The van der Waals surface area contributed by atoms with Crippen molar-refractivity contribution in [1.82, 2.24) is 0 Å². The summed E-state index contributed by atoms with van der Waals surface area (Å²) in [5.41, 5.74) is 0.0113. The van der Waals surface area contributed by atoms with Gasteiger partial charge in [0.15, 0.2) is 0 Å². The Morgan fingerprint density at radius 2 is 2.25 bits per heavy atom. The van der Waals surface area contributed by atoms with E-state index in [0.717, 1.165) is 18.6 Å². The van der Waals surface area contributed by atoms with Gasteiger partial charge in [-0.2, -0.15) is 0 Å². The summed E-state index contributed by atoms with van der Waals surface area (Å²) < 4.78 is 18.2. The summed E-state index contributed by atoms with van der Waals surface area (Å²) in [6.07, 6.45) is 3.35. The largest absolute Gasteiger partial charge is 0.493 e. The van der Waals surface area contributed by atoms with Gasteiger partial charge in [-0.05, 0) is 24.5 Å². The number of carboxylic acids is 1. The molecule has 1 aliphatic carbocycles. The topological polar surface area (TPSA) is 46.5 Å². The number of hydrogen-bond acceptors (Lipinski definition) is 2. The third-order valence-corrected chi connectivity index (χ3v) is 2.65. The van der Waals surface area contributed by atoms with Crippen molar-refractivity contribution < 1.29 is 19.0 Å². The van der Waals surface area contributed by atoms with E-state index >= 15 is 0 Å². The first-order valence-electron chi connectivity index (χ1n) is 5.32. The van der Waals surface area contributed by atoms with Gasteiger partial charge in [-0.3, -0.25) is 0 Å². The molecule has 0 unspecified atom stereocenters. The lowest BCUT2D eigenvalue weighted by Gasteiger charge is -2.08. The Bertz CT molecular complexity index is 399. The molecule has 0 atom stereocenters. The maximum atomic E-state index is 12.9. The SMILES string of the molecule is O=C(O)c1ccc(F)cc1OCCC1CC1. The molecule has 0 bridgehead atoms. The summed E-state index contributed by atoms with van der Waals surface area (Å²) in [6, 6.07) is 3.47. The second kappa shape index (κ2) is 4.51. The van der Waals surface area contributed by atoms with Gasteiger partial charge in [0.1, 0.15) is 17.1 Å². The van der Waals surface area contributed by atoms with Gasteiger partial charge in [0.2, 0.25) is 0 Å². The first-order chi connectivity index (χ1) is 7.66. The summed E-state index contributed by atoms with van der Waals surface area (Å²) in [4.78, 5) is 10.8. The van der Waals surface area contributed by atoms with Crippen LogP contribution in [0.5, 0.6) is 5.75 Å². The van der Waals surface area contributed by atoms with Crippen LogP contribution in [0.4, 0.5) is 4.39 Å². The molecular formula is C12H13FO3. The highest BCUT2D eigenvalue weighted by atomic mass is 19.1. The van der Waals surface area contributed by atoms with E-state index in [1.165, 1.54) is 18.9 Å². The van der Waals surface area contributed by atoms with Crippen LogP contribution in [-0.2, 0) is 0 Å². The second-order valence-corrected chi connectivity index (χ2v) is 4.03. The normalized spacial score (nSPS) is 14.8. The lowest BCUT2D eigenvalue weighted by molar-refractivity contribution is 0.0692. The summed E-state index contributed by atoms with van der Waals surface area (Å²) in [6.45, 7) is 0.453. The standard InChI is InChI=1S/C12H13FO3/c13-9-3-4-10(12(14)15)11(7-9)16-6-5-8-1-2-8/h3-4,7-8H,1-2,5-6H2,(H,14,15). The van der Waals surface area contributed by atoms with Crippen molar-refractivity contribution in [3.8, 4) is 5.75 Å². The Hall–Kier alpha value is -1.58. The maximum absolute atomic E-state index is 12.9. The molecule has 0 amide bonds.